The third kappa shape index (κ3) is 7.78. The number of hydrogen-bond acceptors (Lipinski definition) is 3. The van der Waals surface area contributed by atoms with E-state index >= 15 is 0 Å². The van der Waals surface area contributed by atoms with Crippen molar-refractivity contribution in [2.75, 3.05) is 39.3 Å². The number of nitrogens with one attached hydrogen (secondary N) is 2. The van der Waals surface area contributed by atoms with E-state index in [2.05, 4.69) is 45.9 Å². The van der Waals surface area contributed by atoms with Crippen LogP contribution in [-0.4, -0.2) is 44.2 Å². The number of benzene rings is 1. The fourth-order valence-electron chi connectivity index (χ4n) is 3.22. The van der Waals surface area contributed by atoms with Crippen molar-refractivity contribution in [1.82, 2.24) is 15.5 Å². The topological polar surface area (TPSA) is 27.3 Å². The van der Waals surface area contributed by atoms with Gasteiger partial charge >= 0.3 is 0 Å². The van der Waals surface area contributed by atoms with Gasteiger partial charge in [0.25, 0.3) is 0 Å². The quantitative estimate of drug-likeness (QED) is 0.513. The zero-order valence-corrected chi connectivity index (χ0v) is 15.2. The molecule has 3 nitrogen and oxygen atoms in total. The number of rotatable bonds is 14. The molecule has 0 saturated heterocycles. The fourth-order valence-corrected chi connectivity index (χ4v) is 3.22. The average Bonchev–Trinajstić information content (AvgIpc) is 3.50. The van der Waals surface area contributed by atoms with Crippen LogP contribution in [0.15, 0.2) is 30.3 Å². The molecule has 1 aromatic rings. The van der Waals surface area contributed by atoms with Gasteiger partial charge in [0.15, 0.2) is 0 Å². The smallest absolute Gasteiger partial charge is 0.0233 e. The monoisotopic (exact) mass is 329 g/mol. The Balaban J connectivity index is 1.31. The molecule has 0 aliphatic heterocycles. The van der Waals surface area contributed by atoms with Gasteiger partial charge in [0.05, 0.1) is 0 Å². The zero-order chi connectivity index (χ0) is 16.5. The summed E-state index contributed by atoms with van der Waals surface area (Å²) in [6.07, 6.45) is 8.30. The number of nitrogens with zero attached hydrogens (tertiary/aromatic N) is 1. The lowest BCUT2D eigenvalue weighted by Gasteiger charge is -2.23. The molecule has 134 valence electrons. The van der Waals surface area contributed by atoms with Gasteiger partial charge in [-0.1, -0.05) is 30.3 Å². The predicted octanol–water partition coefficient (Wildman–Crippen LogP) is 3.27. The van der Waals surface area contributed by atoms with Gasteiger partial charge in [0.2, 0.25) is 0 Å². The molecule has 3 rings (SSSR count). The minimum atomic E-state index is 0.989. The van der Waals surface area contributed by atoms with Gasteiger partial charge in [0.1, 0.15) is 0 Å². The molecule has 0 unspecified atom stereocenters. The van der Waals surface area contributed by atoms with Crippen molar-refractivity contribution >= 4 is 0 Å². The number of hydrogen-bond donors (Lipinski definition) is 2. The van der Waals surface area contributed by atoms with E-state index in [1.165, 1.54) is 83.4 Å². The molecular weight excluding hydrogens is 294 g/mol. The molecule has 3 heteroatoms. The van der Waals surface area contributed by atoms with Gasteiger partial charge in [0, 0.05) is 6.54 Å². The van der Waals surface area contributed by atoms with Crippen molar-refractivity contribution < 1.29 is 0 Å². The molecule has 1 aromatic carbocycles. The highest BCUT2D eigenvalue weighted by atomic mass is 15.1. The minimum absolute atomic E-state index is 0.989. The largest absolute Gasteiger partial charge is 0.316 e. The Morgan fingerprint density at radius 3 is 1.83 bits per heavy atom. The van der Waals surface area contributed by atoms with E-state index in [0.717, 1.165) is 18.4 Å². The second-order valence-corrected chi connectivity index (χ2v) is 7.76. The van der Waals surface area contributed by atoms with Crippen molar-refractivity contribution in [3.8, 4) is 0 Å². The third-order valence-corrected chi connectivity index (χ3v) is 5.16. The molecule has 0 spiro atoms. The summed E-state index contributed by atoms with van der Waals surface area (Å²) in [7, 11) is 0. The summed E-state index contributed by atoms with van der Waals surface area (Å²) in [6, 6.07) is 10.9. The molecule has 24 heavy (non-hydrogen) atoms. The third-order valence-electron chi connectivity index (χ3n) is 5.16. The first-order valence-electron chi connectivity index (χ1n) is 10.1. The second-order valence-electron chi connectivity index (χ2n) is 7.76. The fraction of sp³-hybridized carbons (Fsp3) is 0.714. The normalized spacial score (nSPS) is 17.5. The van der Waals surface area contributed by atoms with Crippen LogP contribution in [0.25, 0.3) is 0 Å². The van der Waals surface area contributed by atoms with Crippen LogP contribution in [0.4, 0.5) is 0 Å². The molecule has 0 aromatic heterocycles. The summed E-state index contributed by atoms with van der Waals surface area (Å²) < 4.78 is 0. The average molecular weight is 330 g/mol. The summed E-state index contributed by atoms with van der Waals surface area (Å²) in [5.74, 6) is 1.98. The zero-order valence-electron chi connectivity index (χ0n) is 15.2. The highest BCUT2D eigenvalue weighted by molar-refractivity contribution is 5.14. The van der Waals surface area contributed by atoms with Crippen LogP contribution in [0.3, 0.4) is 0 Å². The van der Waals surface area contributed by atoms with Crippen LogP contribution in [0.2, 0.25) is 0 Å². The lowest BCUT2D eigenvalue weighted by atomic mass is 10.2. The van der Waals surface area contributed by atoms with Crippen molar-refractivity contribution in [2.45, 2.75) is 45.1 Å². The Bertz CT molecular complexity index is 418. The van der Waals surface area contributed by atoms with E-state index in [-0.39, 0.29) is 0 Å². The molecule has 2 aliphatic carbocycles. The van der Waals surface area contributed by atoms with Crippen molar-refractivity contribution in [2.24, 2.45) is 11.8 Å². The van der Waals surface area contributed by atoms with E-state index < -0.39 is 0 Å². The van der Waals surface area contributed by atoms with E-state index in [1.807, 2.05) is 0 Å². The highest BCUT2D eigenvalue weighted by Gasteiger charge is 2.20. The maximum absolute atomic E-state index is 3.62. The van der Waals surface area contributed by atoms with E-state index in [4.69, 9.17) is 0 Å². The highest BCUT2D eigenvalue weighted by Crippen LogP contribution is 2.27. The minimum Gasteiger partial charge on any atom is -0.316 e. The van der Waals surface area contributed by atoms with Crippen molar-refractivity contribution in [3.05, 3.63) is 35.9 Å². The summed E-state index contributed by atoms with van der Waals surface area (Å²) in [5, 5.41) is 7.25. The van der Waals surface area contributed by atoms with Gasteiger partial charge in [-0.2, -0.15) is 0 Å². The maximum atomic E-state index is 3.62. The molecule has 0 heterocycles. The van der Waals surface area contributed by atoms with Crippen LogP contribution in [0, 0.1) is 11.8 Å². The lowest BCUT2D eigenvalue weighted by molar-refractivity contribution is 0.256. The summed E-state index contributed by atoms with van der Waals surface area (Å²) >= 11 is 0. The Labute approximate surface area is 148 Å². The van der Waals surface area contributed by atoms with Crippen LogP contribution < -0.4 is 10.6 Å². The van der Waals surface area contributed by atoms with Gasteiger partial charge < -0.3 is 10.6 Å². The SMILES string of the molecule is c1ccc(CN(CCCNCC2CC2)CCCNCC2CC2)cc1. The molecule has 0 atom stereocenters. The van der Waals surface area contributed by atoms with E-state index in [1.54, 1.807) is 0 Å². The predicted molar refractivity (Wildman–Crippen MR) is 102 cm³/mol. The Morgan fingerprint density at radius 1 is 0.792 bits per heavy atom. The Morgan fingerprint density at radius 2 is 1.33 bits per heavy atom. The van der Waals surface area contributed by atoms with Gasteiger partial charge in [-0.25, -0.2) is 0 Å². The second kappa shape index (κ2) is 10.2. The summed E-state index contributed by atoms with van der Waals surface area (Å²) in [6.45, 7) is 8.31. The molecule has 0 bridgehead atoms. The molecule has 0 amide bonds. The van der Waals surface area contributed by atoms with Crippen molar-refractivity contribution in [3.63, 3.8) is 0 Å². The molecule has 2 N–H and O–H groups in total. The van der Waals surface area contributed by atoms with Gasteiger partial charge in [-0.3, -0.25) is 4.90 Å². The van der Waals surface area contributed by atoms with Crippen molar-refractivity contribution in [1.29, 1.82) is 0 Å². The van der Waals surface area contributed by atoms with Crippen LogP contribution in [0.1, 0.15) is 44.1 Å². The lowest BCUT2D eigenvalue weighted by Crippen LogP contribution is -2.30. The first-order valence-corrected chi connectivity index (χ1v) is 10.1. The summed E-state index contributed by atoms with van der Waals surface area (Å²) in [4.78, 5) is 2.63. The first-order chi connectivity index (χ1) is 11.9. The summed E-state index contributed by atoms with van der Waals surface area (Å²) in [5.41, 5.74) is 1.44. The Kier molecular flexibility index (Phi) is 7.59. The van der Waals surface area contributed by atoms with Crippen LogP contribution in [0.5, 0.6) is 0 Å². The van der Waals surface area contributed by atoms with Crippen LogP contribution >= 0.6 is 0 Å². The Hall–Kier alpha value is -0.900. The maximum Gasteiger partial charge on any atom is 0.0233 e. The van der Waals surface area contributed by atoms with Gasteiger partial charge in [-0.15, -0.1) is 0 Å². The molecule has 2 aliphatic rings. The molecule has 0 radical (unpaired) electrons. The van der Waals surface area contributed by atoms with Gasteiger partial charge in [-0.05, 0) is 95.2 Å². The van der Waals surface area contributed by atoms with Crippen LogP contribution in [-0.2, 0) is 6.54 Å². The van der Waals surface area contributed by atoms with E-state index in [0.29, 0.717) is 0 Å². The first kappa shape index (κ1) is 17.9. The molecule has 2 fully saturated rings. The van der Waals surface area contributed by atoms with E-state index in [9.17, 15) is 0 Å². The molecule has 2 saturated carbocycles. The standard InChI is InChI=1S/C21H35N3/c1-2-6-21(7-3-1)18-24(14-4-12-22-16-19-8-9-19)15-5-13-23-17-20-10-11-20/h1-3,6-7,19-20,22-23H,4-5,8-18H2. The molecular formula is C21H35N3.